The van der Waals surface area contributed by atoms with Crippen molar-refractivity contribution in [3.8, 4) is 0 Å². The van der Waals surface area contributed by atoms with Gasteiger partial charge in [0.25, 0.3) is 0 Å². The van der Waals surface area contributed by atoms with E-state index >= 15 is 0 Å². The predicted octanol–water partition coefficient (Wildman–Crippen LogP) is 1.80. The predicted molar refractivity (Wildman–Crippen MR) is 54.3 cm³/mol. The summed E-state index contributed by atoms with van der Waals surface area (Å²) in [6.45, 7) is 3.97. The number of aromatic nitrogens is 2. The summed E-state index contributed by atoms with van der Waals surface area (Å²) in [4.78, 5) is 7.94. The van der Waals surface area contributed by atoms with Gasteiger partial charge >= 0.3 is 0 Å². The van der Waals surface area contributed by atoms with Gasteiger partial charge in [-0.15, -0.1) is 0 Å². The molecule has 0 saturated carbocycles. The maximum Gasteiger partial charge on any atom is 0.115 e. The van der Waals surface area contributed by atoms with Crippen molar-refractivity contribution in [3.05, 3.63) is 22.7 Å². The second-order valence-corrected chi connectivity index (χ2v) is 4.19. The minimum Gasteiger partial charge on any atom is -0.392 e. The topological polar surface area (TPSA) is 46.0 Å². The van der Waals surface area contributed by atoms with Crippen LogP contribution in [0.25, 0.3) is 0 Å². The van der Waals surface area contributed by atoms with E-state index in [2.05, 4.69) is 25.9 Å². The van der Waals surface area contributed by atoms with Crippen LogP contribution in [0, 0.1) is 5.92 Å². The first kappa shape index (κ1) is 10.6. The van der Waals surface area contributed by atoms with Crippen molar-refractivity contribution in [1.82, 2.24) is 9.97 Å². The zero-order valence-electron chi connectivity index (χ0n) is 7.74. The summed E-state index contributed by atoms with van der Waals surface area (Å²) in [5, 5.41) is 9.62. The summed E-state index contributed by atoms with van der Waals surface area (Å²) < 4.78 is 0.856. The molecular weight excluding hydrogens is 232 g/mol. The average molecular weight is 245 g/mol. The van der Waals surface area contributed by atoms with Crippen LogP contribution in [-0.4, -0.2) is 21.2 Å². The lowest BCUT2D eigenvalue weighted by Gasteiger charge is -2.13. The molecule has 0 radical (unpaired) electrons. The summed E-state index contributed by atoms with van der Waals surface area (Å²) in [6, 6.07) is 0. The fraction of sp³-hybridized carbons (Fsp3) is 0.556. The van der Waals surface area contributed by atoms with Gasteiger partial charge in [0.2, 0.25) is 0 Å². The van der Waals surface area contributed by atoms with Gasteiger partial charge in [0.05, 0.1) is 16.3 Å². The number of rotatable bonds is 3. The van der Waals surface area contributed by atoms with E-state index in [4.69, 9.17) is 0 Å². The molecule has 0 saturated heterocycles. The third-order valence-corrected chi connectivity index (χ3v) is 2.58. The molecule has 0 spiro atoms. The smallest absolute Gasteiger partial charge is 0.115 e. The van der Waals surface area contributed by atoms with E-state index < -0.39 is 0 Å². The van der Waals surface area contributed by atoms with Gasteiger partial charge in [0.1, 0.15) is 6.33 Å². The van der Waals surface area contributed by atoms with E-state index in [1.54, 1.807) is 6.20 Å². The molecule has 1 aromatic rings. The summed E-state index contributed by atoms with van der Waals surface area (Å²) >= 11 is 3.34. The average Bonchev–Trinajstić information content (AvgIpc) is 2.08. The van der Waals surface area contributed by atoms with Crippen LogP contribution in [0.5, 0.6) is 0 Å². The number of aliphatic hydroxyl groups is 1. The van der Waals surface area contributed by atoms with Crippen LogP contribution in [0.4, 0.5) is 0 Å². The number of hydrogen-bond donors (Lipinski definition) is 1. The fourth-order valence-corrected chi connectivity index (χ4v) is 1.30. The molecule has 0 aliphatic heterocycles. The Bertz CT molecular complexity index is 278. The first-order valence-corrected chi connectivity index (χ1v) is 5.03. The first-order valence-electron chi connectivity index (χ1n) is 4.23. The Hall–Kier alpha value is -0.480. The van der Waals surface area contributed by atoms with Crippen molar-refractivity contribution in [2.24, 2.45) is 5.92 Å². The van der Waals surface area contributed by atoms with Crippen LogP contribution >= 0.6 is 15.9 Å². The molecule has 0 aliphatic carbocycles. The molecular formula is C9H13BrN2O. The van der Waals surface area contributed by atoms with Crippen LogP contribution in [0.15, 0.2) is 17.0 Å². The van der Waals surface area contributed by atoms with Crippen molar-refractivity contribution in [3.63, 3.8) is 0 Å². The van der Waals surface area contributed by atoms with E-state index in [0.717, 1.165) is 10.2 Å². The van der Waals surface area contributed by atoms with Gasteiger partial charge < -0.3 is 5.11 Å². The van der Waals surface area contributed by atoms with Crippen LogP contribution in [0.3, 0.4) is 0 Å². The number of hydrogen-bond acceptors (Lipinski definition) is 3. The monoisotopic (exact) mass is 244 g/mol. The van der Waals surface area contributed by atoms with E-state index in [1.807, 2.05) is 13.8 Å². The normalized spacial score (nSPS) is 13.3. The van der Waals surface area contributed by atoms with Crippen molar-refractivity contribution in [1.29, 1.82) is 0 Å². The maximum absolute atomic E-state index is 9.62. The second-order valence-electron chi connectivity index (χ2n) is 3.33. The summed E-state index contributed by atoms with van der Waals surface area (Å²) in [7, 11) is 0. The molecule has 1 aromatic heterocycles. The minimum atomic E-state index is -0.341. The molecule has 0 amide bonds. The van der Waals surface area contributed by atoms with Gasteiger partial charge in [-0.1, -0.05) is 13.8 Å². The number of halogens is 1. The molecule has 72 valence electrons. The molecule has 1 N–H and O–H groups in total. The Morgan fingerprint density at radius 3 is 2.77 bits per heavy atom. The third-order valence-electron chi connectivity index (χ3n) is 1.92. The molecule has 1 rings (SSSR count). The zero-order chi connectivity index (χ0) is 9.84. The SMILES string of the molecule is CC(C)C(O)Cc1ncncc1Br. The third kappa shape index (κ3) is 3.04. The fourth-order valence-electron chi connectivity index (χ4n) is 0.922. The molecule has 0 bridgehead atoms. The lowest BCUT2D eigenvalue weighted by Crippen LogP contribution is -2.18. The standard InChI is InChI=1S/C9H13BrN2O/c1-6(2)9(13)3-8-7(10)4-11-5-12-8/h4-6,9,13H,3H2,1-2H3. The Labute approximate surface area is 86.4 Å². The highest BCUT2D eigenvalue weighted by Crippen LogP contribution is 2.16. The second kappa shape index (κ2) is 4.67. The molecule has 1 unspecified atom stereocenters. The van der Waals surface area contributed by atoms with Crippen molar-refractivity contribution in [2.45, 2.75) is 26.4 Å². The van der Waals surface area contributed by atoms with Crippen molar-refractivity contribution >= 4 is 15.9 Å². The van der Waals surface area contributed by atoms with Crippen LogP contribution < -0.4 is 0 Å². The highest BCUT2D eigenvalue weighted by Gasteiger charge is 2.12. The lowest BCUT2D eigenvalue weighted by molar-refractivity contribution is 0.124. The van der Waals surface area contributed by atoms with Gasteiger partial charge in [-0.25, -0.2) is 9.97 Å². The molecule has 13 heavy (non-hydrogen) atoms. The van der Waals surface area contributed by atoms with Crippen molar-refractivity contribution < 1.29 is 5.11 Å². The lowest BCUT2D eigenvalue weighted by atomic mass is 10.0. The molecule has 0 aromatic carbocycles. The van der Waals surface area contributed by atoms with Gasteiger partial charge in [-0.3, -0.25) is 0 Å². The van der Waals surface area contributed by atoms with Gasteiger partial charge in [-0.05, 0) is 21.8 Å². The van der Waals surface area contributed by atoms with E-state index in [9.17, 15) is 5.11 Å². The van der Waals surface area contributed by atoms with E-state index in [-0.39, 0.29) is 12.0 Å². The molecule has 4 heteroatoms. The Morgan fingerprint density at radius 1 is 1.54 bits per heavy atom. The van der Waals surface area contributed by atoms with E-state index in [1.165, 1.54) is 6.33 Å². The molecule has 0 aliphatic rings. The van der Waals surface area contributed by atoms with Gasteiger partial charge in [0.15, 0.2) is 0 Å². The van der Waals surface area contributed by atoms with E-state index in [0.29, 0.717) is 6.42 Å². The quantitative estimate of drug-likeness (QED) is 0.883. The van der Waals surface area contributed by atoms with Gasteiger partial charge in [-0.2, -0.15) is 0 Å². The Kier molecular flexibility index (Phi) is 3.81. The molecule has 0 fully saturated rings. The summed E-state index contributed by atoms with van der Waals surface area (Å²) in [5.74, 6) is 0.252. The van der Waals surface area contributed by atoms with Crippen LogP contribution in [-0.2, 0) is 6.42 Å². The molecule has 1 heterocycles. The van der Waals surface area contributed by atoms with Gasteiger partial charge in [0, 0.05) is 12.6 Å². The number of aliphatic hydroxyl groups excluding tert-OH is 1. The molecule has 3 nitrogen and oxygen atoms in total. The highest BCUT2D eigenvalue weighted by atomic mass is 79.9. The first-order chi connectivity index (χ1) is 6.11. The number of nitrogens with zero attached hydrogens (tertiary/aromatic N) is 2. The largest absolute Gasteiger partial charge is 0.392 e. The minimum absolute atomic E-state index is 0.252. The molecule has 1 atom stereocenters. The maximum atomic E-state index is 9.62. The van der Waals surface area contributed by atoms with Crippen LogP contribution in [0.2, 0.25) is 0 Å². The summed E-state index contributed by atoms with van der Waals surface area (Å²) in [5.41, 5.74) is 0.858. The Morgan fingerprint density at radius 2 is 2.23 bits per heavy atom. The summed E-state index contributed by atoms with van der Waals surface area (Å²) in [6.07, 6.45) is 3.41. The van der Waals surface area contributed by atoms with Crippen molar-refractivity contribution in [2.75, 3.05) is 0 Å². The van der Waals surface area contributed by atoms with Crippen LogP contribution in [0.1, 0.15) is 19.5 Å². The zero-order valence-corrected chi connectivity index (χ0v) is 9.32. The highest BCUT2D eigenvalue weighted by molar-refractivity contribution is 9.10. The Balaban J connectivity index is 2.69.